The van der Waals surface area contributed by atoms with Gasteiger partial charge in [0.05, 0.1) is 0 Å². The lowest BCUT2D eigenvalue weighted by atomic mass is 10.2. The summed E-state index contributed by atoms with van der Waals surface area (Å²) in [5.41, 5.74) is 1.23. The van der Waals surface area contributed by atoms with Crippen molar-refractivity contribution in [3.05, 3.63) is 53.9 Å². The summed E-state index contributed by atoms with van der Waals surface area (Å²) in [6.07, 6.45) is 3.38. The molecular weight excluding hydrogens is 288 g/mol. The van der Waals surface area contributed by atoms with E-state index in [-0.39, 0.29) is 11.6 Å². The SMILES string of the molecule is CCCCNC(=O)c1cc(Nc2ccc(F)c(F)c2)ccn1. The summed E-state index contributed by atoms with van der Waals surface area (Å²) in [6.45, 7) is 2.63. The molecule has 1 aromatic heterocycles. The highest BCUT2D eigenvalue weighted by molar-refractivity contribution is 5.93. The maximum atomic E-state index is 13.2. The first-order chi connectivity index (χ1) is 10.6. The third-order valence-corrected chi connectivity index (χ3v) is 3.02. The fourth-order valence-corrected chi connectivity index (χ4v) is 1.84. The smallest absolute Gasteiger partial charge is 0.269 e. The number of halogens is 2. The van der Waals surface area contributed by atoms with Crippen LogP contribution in [0.1, 0.15) is 30.3 Å². The van der Waals surface area contributed by atoms with Crippen LogP contribution in [0.25, 0.3) is 0 Å². The minimum absolute atomic E-state index is 0.262. The van der Waals surface area contributed by atoms with E-state index >= 15 is 0 Å². The van der Waals surface area contributed by atoms with Crippen LogP contribution in [0.3, 0.4) is 0 Å². The normalized spacial score (nSPS) is 10.3. The second-order valence-electron chi connectivity index (χ2n) is 4.79. The van der Waals surface area contributed by atoms with Gasteiger partial charge in [-0.3, -0.25) is 9.78 Å². The molecule has 0 atom stereocenters. The summed E-state index contributed by atoms with van der Waals surface area (Å²) < 4.78 is 26.1. The lowest BCUT2D eigenvalue weighted by molar-refractivity contribution is 0.0948. The van der Waals surface area contributed by atoms with Gasteiger partial charge in [0.2, 0.25) is 0 Å². The summed E-state index contributed by atoms with van der Waals surface area (Å²) in [7, 11) is 0. The lowest BCUT2D eigenvalue weighted by Crippen LogP contribution is -2.25. The monoisotopic (exact) mass is 305 g/mol. The van der Waals surface area contributed by atoms with E-state index < -0.39 is 11.6 Å². The molecule has 2 rings (SSSR count). The molecule has 0 aliphatic carbocycles. The molecule has 1 amide bonds. The Morgan fingerprint density at radius 2 is 1.91 bits per heavy atom. The Balaban J connectivity index is 2.07. The van der Waals surface area contributed by atoms with Crippen molar-refractivity contribution < 1.29 is 13.6 Å². The van der Waals surface area contributed by atoms with E-state index in [1.54, 1.807) is 12.1 Å². The van der Waals surface area contributed by atoms with Crippen LogP contribution in [0.2, 0.25) is 0 Å². The molecule has 4 nitrogen and oxygen atoms in total. The van der Waals surface area contributed by atoms with Crippen molar-refractivity contribution in [1.29, 1.82) is 0 Å². The molecule has 1 aromatic carbocycles. The zero-order valence-electron chi connectivity index (χ0n) is 12.2. The number of aromatic nitrogens is 1. The van der Waals surface area contributed by atoms with Gasteiger partial charge in [-0.1, -0.05) is 13.3 Å². The number of hydrogen-bond donors (Lipinski definition) is 2. The lowest BCUT2D eigenvalue weighted by Gasteiger charge is -2.08. The maximum absolute atomic E-state index is 13.2. The number of nitrogens with zero attached hydrogens (tertiary/aromatic N) is 1. The first kappa shape index (κ1) is 15.9. The van der Waals surface area contributed by atoms with Crippen molar-refractivity contribution in [3.8, 4) is 0 Å². The van der Waals surface area contributed by atoms with Gasteiger partial charge in [0.15, 0.2) is 11.6 Å². The highest BCUT2D eigenvalue weighted by Crippen LogP contribution is 2.19. The Kier molecular flexibility index (Phi) is 5.41. The quantitative estimate of drug-likeness (QED) is 0.801. The fourth-order valence-electron chi connectivity index (χ4n) is 1.84. The molecule has 6 heteroatoms. The predicted octanol–water partition coefficient (Wildman–Crippen LogP) is 3.63. The predicted molar refractivity (Wildman–Crippen MR) is 81.1 cm³/mol. The molecule has 0 spiro atoms. The van der Waals surface area contributed by atoms with Gasteiger partial charge in [-0.2, -0.15) is 0 Å². The third kappa shape index (κ3) is 4.25. The van der Waals surface area contributed by atoms with Gasteiger partial charge in [-0.25, -0.2) is 8.78 Å². The molecule has 2 N–H and O–H groups in total. The zero-order valence-corrected chi connectivity index (χ0v) is 12.2. The summed E-state index contributed by atoms with van der Waals surface area (Å²) in [6, 6.07) is 6.71. The van der Waals surface area contributed by atoms with E-state index in [1.165, 1.54) is 12.3 Å². The molecule has 0 radical (unpaired) electrons. The molecule has 0 aliphatic rings. The molecule has 116 valence electrons. The van der Waals surface area contributed by atoms with Crippen molar-refractivity contribution in [2.24, 2.45) is 0 Å². The maximum Gasteiger partial charge on any atom is 0.269 e. The summed E-state index contributed by atoms with van der Waals surface area (Å²) in [5.74, 6) is -2.10. The first-order valence-electron chi connectivity index (χ1n) is 7.06. The number of anilines is 2. The average molecular weight is 305 g/mol. The van der Waals surface area contributed by atoms with E-state index in [4.69, 9.17) is 0 Å². The van der Waals surface area contributed by atoms with Crippen molar-refractivity contribution >= 4 is 17.3 Å². The van der Waals surface area contributed by atoms with E-state index in [1.807, 2.05) is 6.92 Å². The van der Waals surface area contributed by atoms with Crippen molar-refractivity contribution in [2.75, 3.05) is 11.9 Å². The highest BCUT2D eigenvalue weighted by atomic mass is 19.2. The number of benzene rings is 1. The van der Waals surface area contributed by atoms with Gasteiger partial charge in [-0.05, 0) is 30.7 Å². The molecule has 2 aromatic rings. The first-order valence-corrected chi connectivity index (χ1v) is 7.06. The number of carbonyl (C=O) groups is 1. The van der Waals surface area contributed by atoms with Gasteiger partial charge in [-0.15, -0.1) is 0 Å². The van der Waals surface area contributed by atoms with Crippen LogP contribution in [-0.4, -0.2) is 17.4 Å². The number of hydrogen-bond acceptors (Lipinski definition) is 3. The highest BCUT2D eigenvalue weighted by Gasteiger charge is 2.08. The fraction of sp³-hybridized carbons (Fsp3) is 0.250. The van der Waals surface area contributed by atoms with Crippen LogP contribution in [0.5, 0.6) is 0 Å². The largest absolute Gasteiger partial charge is 0.355 e. The molecular formula is C16H17F2N3O. The van der Waals surface area contributed by atoms with Crippen LogP contribution in [0.15, 0.2) is 36.5 Å². The Morgan fingerprint density at radius 3 is 2.64 bits per heavy atom. The van der Waals surface area contributed by atoms with E-state index in [0.717, 1.165) is 25.0 Å². The molecule has 22 heavy (non-hydrogen) atoms. The van der Waals surface area contributed by atoms with Crippen LogP contribution in [-0.2, 0) is 0 Å². The molecule has 0 saturated heterocycles. The van der Waals surface area contributed by atoms with Gasteiger partial charge in [0.25, 0.3) is 5.91 Å². The number of unbranched alkanes of at least 4 members (excludes halogenated alkanes) is 1. The van der Waals surface area contributed by atoms with Crippen LogP contribution < -0.4 is 10.6 Å². The van der Waals surface area contributed by atoms with E-state index in [2.05, 4.69) is 15.6 Å². The van der Waals surface area contributed by atoms with Gasteiger partial charge >= 0.3 is 0 Å². The Hall–Kier alpha value is -2.50. The van der Waals surface area contributed by atoms with Gasteiger partial charge in [0, 0.05) is 30.2 Å². The number of rotatable bonds is 6. The van der Waals surface area contributed by atoms with Gasteiger partial charge in [0.1, 0.15) is 5.69 Å². The van der Waals surface area contributed by atoms with E-state index in [0.29, 0.717) is 17.9 Å². The Labute approximate surface area is 127 Å². The third-order valence-electron chi connectivity index (χ3n) is 3.02. The van der Waals surface area contributed by atoms with Crippen molar-refractivity contribution in [3.63, 3.8) is 0 Å². The van der Waals surface area contributed by atoms with Gasteiger partial charge < -0.3 is 10.6 Å². The molecule has 0 saturated carbocycles. The number of nitrogens with one attached hydrogen (secondary N) is 2. The molecule has 1 heterocycles. The number of pyridine rings is 1. The Bertz CT molecular complexity index is 662. The number of carbonyl (C=O) groups excluding carboxylic acids is 1. The molecule has 0 aliphatic heterocycles. The standard InChI is InChI=1S/C16H17F2N3O/c1-2-3-7-20-16(22)15-10-12(6-8-19-15)21-11-4-5-13(17)14(18)9-11/h4-6,8-10H,2-3,7H2,1H3,(H,19,21)(H,20,22). The molecule has 0 fully saturated rings. The summed E-state index contributed by atoms with van der Waals surface area (Å²) in [4.78, 5) is 15.9. The average Bonchev–Trinajstić information content (AvgIpc) is 2.51. The Morgan fingerprint density at radius 1 is 1.14 bits per heavy atom. The number of amides is 1. The van der Waals surface area contributed by atoms with Crippen LogP contribution >= 0.6 is 0 Å². The van der Waals surface area contributed by atoms with Crippen LogP contribution in [0, 0.1) is 11.6 Å². The summed E-state index contributed by atoms with van der Waals surface area (Å²) in [5, 5.41) is 5.68. The van der Waals surface area contributed by atoms with E-state index in [9.17, 15) is 13.6 Å². The minimum atomic E-state index is -0.934. The summed E-state index contributed by atoms with van der Waals surface area (Å²) >= 11 is 0. The molecule has 0 bridgehead atoms. The minimum Gasteiger partial charge on any atom is -0.355 e. The zero-order chi connectivity index (χ0) is 15.9. The van der Waals surface area contributed by atoms with Crippen molar-refractivity contribution in [2.45, 2.75) is 19.8 Å². The second kappa shape index (κ2) is 7.49. The second-order valence-corrected chi connectivity index (χ2v) is 4.79. The van der Waals surface area contributed by atoms with Crippen LogP contribution in [0.4, 0.5) is 20.2 Å². The topological polar surface area (TPSA) is 54.0 Å². The molecule has 0 unspecified atom stereocenters. The van der Waals surface area contributed by atoms with Crippen molar-refractivity contribution in [1.82, 2.24) is 10.3 Å².